The lowest BCUT2D eigenvalue weighted by atomic mass is 9.81. The van der Waals surface area contributed by atoms with Crippen molar-refractivity contribution in [1.82, 2.24) is 0 Å². The molecule has 1 aliphatic rings. The molecule has 0 radical (unpaired) electrons. The molecule has 0 bridgehead atoms. The molecule has 3 N–H and O–H groups in total. The quantitative estimate of drug-likeness (QED) is 0.219. The highest BCUT2D eigenvalue weighted by Crippen LogP contribution is 2.52. The number of nitrogens with two attached hydrogens (primary N) is 1. The van der Waals surface area contributed by atoms with Gasteiger partial charge in [-0.25, -0.2) is 0 Å². The van der Waals surface area contributed by atoms with E-state index in [1.54, 1.807) is 0 Å². The van der Waals surface area contributed by atoms with Crippen molar-refractivity contribution in [3.05, 3.63) is 120 Å². The van der Waals surface area contributed by atoms with Crippen LogP contribution in [0.1, 0.15) is 30.5 Å². The number of hydrogen-bond donors (Lipinski definition) is 2. The van der Waals surface area contributed by atoms with Gasteiger partial charge in [0.05, 0.1) is 0 Å². The maximum absolute atomic E-state index is 7.76. The van der Waals surface area contributed by atoms with Crippen LogP contribution in [0, 0.1) is 5.41 Å². The van der Waals surface area contributed by atoms with Crippen LogP contribution in [-0.4, -0.2) is 5.84 Å². The second-order valence-electron chi connectivity index (χ2n) is 9.67. The van der Waals surface area contributed by atoms with E-state index in [9.17, 15) is 0 Å². The van der Waals surface area contributed by atoms with Gasteiger partial charge < -0.3 is 5.73 Å². The highest BCUT2D eigenvalue weighted by Gasteiger charge is 2.36. The molecule has 5 aromatic rings. The molecule has 0 saturated carbocycles. The maximum Gasteiger partial charge on any atom is 0.122 e. The van der Waals surface area contributed by atoms with Crippen LogP contribution in [0.5, 0.6) is 0 Å². The van der Waals surface area contributed by atoms with Gasteiger partial charge >= 0.3 is 0 Å². The van der Waals surface area contributed by atoms with Crippen molar-refractivity contribution in [2.24, 2.45) is 5.73 Å². The van der Waals surface area contributed by atoms with E-state index in [2.05, 4.69) is 98.8 Å². The van der Waals surface area contributed by atoms with Crippen molar-refractivity contribution in [1.29, 1.82) is 5.41 Å². The molecule has 0 atom stereocenters. The van der Waals surface area contributed by atoms with Crippen LogP contribution in [0.25, 0.3) is 44.2 Å². The van der Waals surface area contributed by atoms with Gasteiger partial charge in [-0.2, -0.15) is 0 Å². The summed E-state index contributed by atoms with van der Waals surface area (Å²) in [6, 6.07) is 36.6. The molecule has 0 fully saturated rings. The Kier molecular flexibility index (Phi) is 4.46. The first-order valence-corrected chi connectivity index (χ1v) is 11.7. The van der Waals surface area contributed by atoms with E-state index < -0.39 is 0 Å². The third-order valence-corrected chi connectivity index (χ3v) is 7.27. The number of rotatable bonds is 3. The molecule has 6 rings (SSSR count). The molecule has 0 aliphatic heterocycles. The average molecular weight is 439 g/mol. The van der Waals surface area contributed by atoms with Gasteiger partial charge in [0, 0.05) is 11.0 Å². The number of amidine groups is 1. The fourth-order valence-electron chi connectivity index (χ4n) is 5.43. The van der Waals surface area contributed by atoms with Crippen LogP contribution in [0.3, 0.4) is 0 Å². The lowest BCUT2D eigenvalue weighted by Crippen LogP contribution is -2.15. The average Bonchev–Trinajstić information content (AvgIpc) is 3.10. The van der Waals surface area contributed by atoms with Crippen LogP contribution in [0.2, 0.25) is 0 Å². The Morgan fingerprint density at radius 2 is 1.32 bits per heavy atom. The van der Waals surface area contributed by atoms with Gasteiger partial charge in [0.15, 0.2) is 0 Å². The molecular weight excluding hydrogens is 412 g/mol. The predicted molar refractivity (Wildman–Crippen MR) is 143 cm³/mol. The Morgan fingerprint density at radius 1 is 0.647 bits per heavy atom. The van der Waals surface area contributed by atoms with Crippen molar-refractivity contribution in [2.75, 3.05) is 0 Å². The van der Waals surface area contributed by atoms with E-state index >= 15 is 0 Å². The second kappa shape index (κ2) is 7.43. The summed E-state index contributed by atoms with van der Waals surface area (Å²) in [4.78, 5) is 0. The molecule has 164 valence electrons. The van der Waals surface area contributed by atoms with Crippen LogP contribution in [-0.2, 0) is 5.41 Å². The van der Waals surface area contributed by atoms with E-state index in [1.165, 1.54) is 44.2 Å². The number of benzene rings is 5. The number of fused-ring (bicyclic) bond motifs is 5. The predicted octanol–water partition coefficient (Wildman–Crippen LogP) is 7.76. The Hall–Kier alpha value is -4.17. The summed E-state index contributed by atoms with van der Waals surface area (Å²) in [7, 11) is 0. The second-order valence-corrected chi connectivity index (χ2v) is 9.67. The molecule has 0 aromatic heterocycles. The van der Waals surface area contributed by atoms with Gasteiger partial charge in [0.1, 0.15) is 5.84 Å². The van der Waals surface area contributed by atoms with E-state index in [0.29, 0.717) is 0 Å². The molecule has 0 amide bonds. The summed E-state index contributed by atoms with van der Waals surface area (Å²) < 4.78 is 0. The third kappa shape index (κ3) is 3.07. The minimum atomic E-state index is -0.0574. The van der Waals surface area contributed by atoms with E-state index in [4.69, 9.17) is 11.1 Å². The summed E-state index contributed by atoms with van der Waals surface area (Å²) in [6.45, 7) is 4.67. The standard InChI is InChI=1S/C32H26N2/c1-32(2)28-16-14-20-7-3-4-12-26(20)30(28)27-15-13-24(19-29(27)32)22-9-5-8-21(17-22)23-10-6-11-25(18-23)31(33)34/h3-19H,1-2H3,(H3,33,34). The summed E-state index contributed by atoms with van der Waals surface area (Å²) in [6.07, 6.45) is 0. The number of hydrogen-bond acceptors (Lipinski definition) is 1. The smallest absolute Gasteiger partial charge is 0.122 e. The lowest BCUT2D eigenvalue weighted by Gasteiger charge is -2.22. The van der Waals surface area contributed by atoms with Crippen molar-refractivity contribution < 1.29 is 0 Å². The number of nitrogens with one attached hydrogen (secondary N) is 1. The van der Waals surface area contributed by atoms with Crippen LogP contribution in [0.15, 0.2) is 103 Å². The normalized spacial score (nSPS) is 13.5. The summed E-state index contributed by atoms with van der Waals surface area (Å²) in [5.41, 5.74) is 16.5. The molecule has 2 heteroatoms. The van der Waals surface area contributed by atoms with Crippen LogP contribution < -0.4 is 5.73 Å². The highest BCUT2D eigenvalue weighted by molar-refractivity contribution is 6.03. The van der Waals surface area contributed by atoms with Gasteiger partial charge in [-0.15, -0.1) is 0 Å². The Bertz CT molecular complexity index is 1610. The van der Waals surface area contributed by atoms with Gasteiger partial charge in [-0.1, -0.05) is 98.8 Å². The topological polar surface area (TPSA) is 49.9 Å². The van der Waals surface area contributed by atoms with E-state index in [1.807, 2.05) is 18.2 Å². The monoisotopic (exact) mass is 438 g/mol. The first-order chi connectivity index (χ1) is 16.4. The zero-order valence-electron chi connectivity index (χ0n) is 19.4. The fourth-order valence-corrected chi connectivity index (χ4v) is 5.43. The first kappa shape index (κ1) is 20.4. The molecule has 0 heterocycles. The lowest BCUT2D eigenvalue weighted by molar-refractivity contribution is 0.661. The van der Waals surface area contributed by atoms with Gasteiger partial charge in [-0.05, 0) is 73.5 Å². The molecule has 1 aliphatic carbocycles. The zero-order valence-corrected chi connectivity index (χ0v) is 19.4. The summed E-state index contributed by atoms with van der Waals surface area (Å²) in [5, 5.41) is 10.4. The summed E-state index contributed by atoms with van der Waals surface area (Å²) in [5.74, 6) is 0.0888. The summed E-state index contributed by atoms with van der Waals surface area (Å²) >= 11 is 0. The minimum absolute atomic E-state index is 0.0574. The van der Waals surface area contributed by atoms with E-state index in [-0.39, 0.29) is 11.3 Å². The van der Waals surface area contributed by atoms with Gasteiger partial charge in [-0.3, -0.25) is 5.41 Å². The highest BCUT2D eigenvalue weighted by atomic mass is 14.7. The van der Waals surface area contributed by atoms with Crippen molar-refractivity contribution in [3.63, 3.8) is 0 Å². The van der Waals surface area contributed by atoms with Crippen molar-refractivity contribution in [3.8, 4) is 33.4 Å². The number of nitrogen functional groups attached to an aromatic ring is 1. The molecule has 0 unspecified atom stereocenters. The largest absolute Gasteiger partial charge is 0.384 e. The van der Waals surface area contributed by atoms with Crippen LogP contribution in [0.4, 0.5) is 0 Å². The molecule has 34 heavy (non-hydrogen) atoms. The van der Waals surface area contributed by atoms with E-state index in [0.717, 1.165) is 16.7 Å². The van der Waals surface area contributed by atoms with Crippen molar-refractivity contribution >= 4 is 16.6 Å². The Morgan fingerprint density at radius 3 is 2.09 bits per heavy atom. The van der Waals surface area contributed by atoms with Crippen molar-refractivity contribution in [2.45, 2.75) is 19.3 Å². The van der Waals surface area contributed by atoms with Gasteiger partial charge in [0.25, 0.3) is 0 Å². The molecule has 0 saturated heterocycles. The third-order valence-electron chi connectivity index (χ3n) is 7.27. The molecule has 0 spiro atoms. The Balaban J connectivity index is 1.48. The maximum atomic E-state index is 7.76. The SMILES string of the molecule is CC1(C)c2cc(-c3cccc(-c4cccc(C(=N)N)c4)c3)ccc2-c2c1ccc1ccccc21. The minimum Gasteiger partial charge on any atom is -0.384 e. The molecule has 2 nitrogen and oxygen atoms in total. The fraction of sp³-hybridized carbons (Fsp3) is 0.0938. The Labute approximate surface area is 200 Å². The molecule has 5 aromatic carbocycles. The zero-order chi connectivity index (χ0) is 23.4. The van der Waals surface area contributed by atoms with Crippen LogP contribution >= 0.6 is 0 Å². The molecular formula is C32H26N2. The first-order valence-electron chi connectivity index (χ1n) is 11.7. The van der Waals surface area contributed by atoms with Gasteiger partial charge in [0.2, 0.25) is 0 Å².